The number of ether oxygens (including phenoxy) is 2. The number of nitrogens with zero attached hydrogens (tertiary/aromatic N) is 1. The largest absolute Gasteiger partial charge is 0.493 e. The molecule has 1 aromatic rings. The van der Waals surface area contributed by atoms with Gasteiger partial charge in [0.25, 0.3) is 0 Å². The van der Waals surface area contributed by atoms with E-state index in [1.807, 2.05) is 32.0 Å². The van der Waals surface area contributed by atoms with Gasteiger partial charge in [0.05, 0.1) is 19.5 Å². The first-order chi connectivity index (χ1) is 13.6. The summed E-state index contributed by atoms with van der Waals surface area (Å²) in [5.74, 6) is 2.06. The van der Waals surface area contributed by atoms with Gasteiger partial charge in [0, 0.05) is 31.2 Å². The average molecular weight is 427 g/mol. The molecule has 0 spiro atoms. The van der Waals surface area contributed by atoms with E-state index < -0.39 is 15.6 Å². The number of aliphatic imine (C=N–C) groups is 1. The lowest BCUT2D eigenvalue weighted by Crippen LogP contribution is -2.52. The van der Waals surface area contributed by atoms with Gasteiger partial charge < -0.3 is 20.1 Å². The number of methoxy groups -OCH3 is 1. The van der Waals surface area contributed by atoms with Crippen LogP contribution in [-0.4, -0.2) is 53.0 Å². The van der Waals surface area contributed by atoms with Crippen molar-refractivity contribution in [3.63, 3.8) is 0 Å². The standard InChI is InChI=1S/C20H34N4O4S/c1-20(2,24-29(5,25)26)14-23-19(21-3)22-13-15-9-8-12-17(27-4)18(15)28-16-10-6-7-11-16/h8-9,12,16,24H,6-7,10-11,13-14H2,1-5H3,(H2,21,22,23). The molecule has 1 fully saturated rings. The molecule has 0 amide bonds. The number of hydrogen-bond donors (Lipinski definition) is 3. The minimum Gasteiger partial charge on any atom is -0.493 e. The van der Waals surface area contributed by atoms with Crippen LogP contribution in [0.15, 0.2) is 23.2 Å². The van der Waals surface area contributed by atoms with Gasteiger partial charge in [-0.1, -0.05) is 12.1 Å². The lowest BCUT2D eigenvalue weighted by atomic mass is 10.1. The second-order valence-electron chi connectivity index (χ2n) is 8.01. The summed E-state index contributed by atoms with van der Waals surface area (Å²) in [6, 6.07) is 5.84. The maximum atomic E-state index is 11.5. The summed E-state index contributed by atoms with van der Waals surface area (Å²) >= 11 is 0. The molecule has 3 N–H and O–H groups in total. The first-order valence-corrected chi connectivity index (χ1v) is 11.8. The van der Waals surface area contributed by atoms with Gasteiger partial charge in [-0.25, -0.2) is 13.1 Å². The topological polar surface area (TPSA) is 101 Å². The van der Waals surface area contributed by atoms with Crippen LogP contribution in [0.5, 0.6) is 11.5 Å². The summed E-state index contributed by atoms with van der Waals surface area (Å²) in [5, 5.41) is 6.43. The summed E-state index contributed by atoms with van der Waals surface area (Å²) < 4.78 is 37.4. The van der Waals surface area contributed by atoms with Crippen molar-refractivity contribution >= 4 is 16.0 Å². The van der Waals surface area contributed by atoms with Crippen molar-refractivity contribution in [1.29, 1.82) is 0 Å². The molecule has 1 aromatic carbocycles. The number of sulfonamides is 1. The van der Waals surface area contributed by atoms with E-state index in [1.165, 1.54) is 12.8 Å². The van der Waals surface area contributed by atoms with Crippen molar-refractivity contribution in [3.8, 4) is 11.5 Å². The van der Waals surface area contributed by atoms with Gasteiger partial charge >= 0.3 is 0 Å². The SMILES string of the molecule is CN=C(NCc1cccc(OC)c1OC1CCCC1)NCC(C)(C)NS(C)(=O)=O. The van der Waals surface area contributed by atoms with E-state index in [9.17, 15) is 8.42 Å². The molecule has 0 bridgehead atoms. The van der Waals surface area contributed by atoms with Crippen LogP contribution in [0.2, 0.25) is 0 Å². The lowest BCUT2D eigenvalue weighted by molar-refractivity contribution is 0.198. The number of rotatable bonds is 9. The molecule has 0 aromatic heterocycles. The van der Waals surface area contributed by atoms with Gasteiger partial charge in [0.1, 0.15) is 0 Å². The Morgan fingerprint density at radius 2 is 1.93 bits per heavy atom. The molecule has 29 heavy (non-hydrogen) atoms. The van der Waals surface area contributed by atoms with Crippen LogP contribution in [-0.2, 0) is 16.6 Å². The zero-order valence-corrected chi connectivity index (χ0v) is 18.9. The fourth-order valence-electron chi connectivity index (χ4n) is 3.41. The van der Waals surface area contributed by atoms with E-state index in [1.54, 1.807) is 14.2 Å². The van der Waals surface area contributed by atoms with Crippen LogP contribution in [0.25, 0.3) is 0 Å². The van der Waals surface area contributed by atoms with Crippen LogP contribution >= 0.6 is 0 Å². The van der Waals surface area contributed by atoms with Crippen LogP contribution in [0.3, 0.4) is 0 Å². The smallest absolute Gasteiger partial charge is 0.209 e. The summed E-state index contributed by atoms with van der Waals surface area (Å²) in [6.07, 6.45) is 5.90. The maximum Gasteiger partial charge on any atom is 0.209 e. The van der Waals surface area contributed by atoms with E-state index >= 15 is 0 Å². The molecule has 9 heteroatoms. The van der Waals surface area contributed by atoms with Crippen molar-refractivity contribution < 1.29 is 17.9 Å². The highest BCUT2D eigenvalue weighted by atomic mass is 32.2. The van der Waals surface area contributed by atoms with Crippen molar-refractivity contribution in [2.75, 3.05) is 27.0 Å². The van der Waals surface area contributed by atoms with Gasteiger partial charge in [-0.2, -0.15) is 0 Å². The van der Waals surface area contributed by atoms with Gasteiger partial charge in [-0.15, -0.1) is 0 Å². The molecule has 0 radical (unpaired) electrons. The normalized spacial score (nSPS) is 16.0. The number of nitrogens with one attached hydrogen (secondary N) is 3. The zero-order valence-electron chi connectivity index (χ0n) is 18.0. The fourth-order valence-corrected chi connectivity index (χ4v) is 4.49. The Bertz CT molecular complexity index is 803. The monoisotopic (exact) mass is 426 g/mol. The highest BCUT2D eigenvalue weighted by molar-refractivity contribution is 7.88. The Balaban J connectivity index is 2.01. The third-order valence-electron chi connectivity index (χ3n) is 4.70. The van der Waals surface area contributed by atoms with E-state index in [-0.39, 0.29) is 6.10 Å². The first kappa shape index (κ1) is 23.3. The third kappa shape index (κ3) is 7.74. The Morgan fingerprint density at radius 3 is 2.52 bits per heavy atom. The van der Waals surface area contributed by atoms with Crippen LogP contribution in [0, 0.1) is 0 Å². The Kier molecular flexibility index (Phi) is 8.15. The molecule has 164 valence electrons. The summed E-state index contributed by atoms with van der Waals surface area (Å²) in [4.78, 5) is 4.22. The molecule has 0 heterocycles. The van der Waals surface area contributed by atoms with Crippen LogP contribution in [0.1, 0.15) is 45.1 Å². The van der Waals surface area contributed by atoms with Gasteiger partial charge in [-0.3, -0.25) is 4.99 Å². The van der Waals surface area contributed by atoms with Crippen molar-refractivity contribution in [1.82, 2.24) is 15.4 Å². The maximum absolute atomic E-state index is 11.5. The van der Waals surface area contributed by atoms with Gasteiger partial charge in [-0.05, 0) is 45.6 Å². The van der Waals surface area contributed by atoms with Gasteiger partial charge in [0.2, 0.25) is 10.0 Å². The number of para-hydroxylation sites is 1. The van der Waals surface area contributed by atoms with Crippen LogP contribution in [0.4, 0.5) is 0 Å². The summed E-state index contributed by atoms with van der Waals surface area (Å²) in [5.41, 5.74) is 0.325. The molecule has 1 aliphatic rings. The Hall–Kier alpha value is -2.00. The van der Waals surface area contributed by atoms with E-state index in [0.717, 1.165) is 36.2 Å². The molecule has 8 nitrogen and oxygen atoms in total. The molecule has 0 aliphatic heterocycles. The van der Waals surface area contributed by atoms with Crippen molar-refractivity contribution in [2.45, 2.75) is 57.7 Å². The quantitative estimate of drug-likeness (QED) is 0.412. The number of hydrogen-bond acceptors (Lipinski definition) is 5. The minimum absolute atomic E-state index is 0.227. The zero-order chi connectivity index (χ0) is 21.5. The lowest BCUT2D eigenvalue weighted by Gasteiger charge is -2.26. The number of guanidine groups is 1. The summed E-state index contributed by atoms with van der Waals surface area (Å²) in [6.45, 7) is 4.50. The first-order valence-electron chi connectivity index (χ1n) is 9.89. The third-order valence-corrected chi connectivity index (χ3v) is 5.62. The predicted octanol–water partition coefficient (Wildman–Crippen LogP) is 2.01. The van der Waals surface area contributed by atoms with Crippen molar-refractivity contribution in [2.24, 2.45) is 4.99 Å². The molecule has 2 rings (SSSR count). The highest BCUT2D eigenvalue weighted by Gasteiger charge is 2.23. The molecule has 0 saturated heterocycles. The minimum atomic E-state index is -3.30. The van der Waals surface area contributed by atoms with Gasteiger partial charge in [0.15, 0.2) is 17.5 Å². The fraction of sp³-hybridized carbons (Fsp3) is 0.650. The second-order valence-corrected chi connectivity index (χ2v) is 9.76. The average Bonchev–Trinajstić information content (AvgIpc) is 3.14. The predicted molar refractivity (Wildman–Crippen MR) is 116 cm³/mol. The van der Waals surface area contributed by atoms with Crippen LogP contribution < -0.4 is 24.8 Å². The van der Waals surface area contributed by atoms with E-state index in [2.05, 4.69) is 20.3 Å². The van der Waals surface area contributed by atoms with E-state index in [4.69, 9.17) is 9.47 Å². The Labute approximate surface area is 174 Å². The molecular weight excluding hydrogens is 392 g/mol. The molecule has 1 aliphatic carbocycles. The van der Waals surface area contributed by atoms with E-state index in [0.29, 0.717) is 19.0 Å². The highest BCUT2D eigenvalue weighted by Crippen LogP contribution is 2.34. The molecule has 1 saturated carbocycles. The Morgan fingerprint density at radius 1 is 1.24 bits per heavy atom. The second kappa shape index (κ2) is 10.2. The molecule has 0 unspecified atom stereocenters. The molecular formula is C20H34N4O4S. The summed E-state index contributed by atoms with van der Waals surface area (Å²) in [7, 11) is 0.0214. The van der Waals surface area contributed by atoms with Crippen molar-refractivity contribution in [3.05, 3.63) is 23.8 Å². The molecule has 0 atom stereocenters. The number of benzene rings is 1.